The molecule has 0 aliphatic rings. The van der Waals surface area contributed by atoms with Gasteiger partial charge in [-0.1, -0.05) is 13.3 Å². The Labute approximate surface area is 103 Å². The number of nitrogens with one attached hydrogen (secondary N) is 1. The van der Waals surface area contributed by atoms with Gasteiger partial charge >= 0.3 is 6.08 Å². The molecule has 6 nitrogen and oxygen atoms in total. The van der Waals surface area contributed by atoms with E-state index in [0.29, 0.717) is 17.9 Å². The van der Waals surface area contributed by atoms with E-state index >= 15 is 0 Å². The maximum atomic E-state index is 13.2. The van der Waals surface area contributed by atoms with Crippen molar-refractivity contribution in [2.24, 2.45) is 0 Å². The highest BCUT2D eigenvalue weighted by atomic mass is 19.1. The second-order valence-electron chi connectivity index (χ2n) is 3.93. The maximum Gasteiger partial charge on any atom is 0.312 e. The van der Waals surface area contributed by atoms with E-state index in [-0.39, 0.29) is 11.6 Å². The number of aromatic nitrogens is 4. The molecule has 7 heteroatoms. The van der Waals surface area contributed by atoms with Crippen LogP contribution in [-0.4, -0.2) is 32.0 Å². The highest BCUT2D eigenvalue weighted by Gasteiger charge is 2.15. The van der Waals surface area contributed by atoms with Gasteiger partial charge in [-0.25, -0.2) is 4.98 Å². The Hall–Kier alpha value is -2.05. The first-order valence-corrected chi connectivity index (χ1v) is 5.79. The first-order chi connectivity index (χ1) is 8.63. The highest BCUT2D eigenvalue weighted by Crippen LogP contribution is 2.19. The van der Waals surface area contributed by atoms with Crippen molar-refractivity contribution in [2.75, 3.05) is 11.9 Å². The number of carbonyl (C=O) groups is 1. The van der Waals surface area contributed by atoms with Gasteiger partial charge in [0.2, 0.25) is 5.91 Å². The van der Waals surface area contributed by atoms with Crippen LogP contribution >= 0.6 is 0 Å². The lowest BCUT2D eigenvalue weighted by atomic mass is 10.3. The summed E-state index contributed by atoms with van der Waals surface area (Å²) < 4.78 is 14.5. The van der Waals surface area contributed by atoms with Crippen LogP contribution in [0.2, 0.25) is 0 Å². The van der Waals surface area contributed by atoms with Crippen molar-refractivity contribution in [3.8, 4) is 0 Å². The lowest BCUT2D eigenvalue weighted by Crippen LogP contribution is -2.10. The molecular formula is C11H14FN5O. The number of unbranched alkanes of at least 4 members (excludes halogenated alkanes) is 1. The fourth-order valence-electron chi connectivity index (χ4n) is 1.64. The predicted molar refractivity (Wildman–Crippen MR) is 65.0 cm³/mol. The summed E-state index contributed by atoms with van der Waals surface area (Å²) in [5, 5.41) is 3.01. The SMILES string of the molecule is CCCCNc1nc(F)nc2ncn(C(C)=O)c12. The van der Waals surface area contributed by atoms with Crippen LogP contribution < -0.4 is 5.32 Å². The largest absolute Gasteiger partial charge is 0.368 e. The van der Waals surface area contributed by atoms with Crippen molar-refractivity contribution in [3.63, 3.8) is 0 Å². The Kier molecular flexibility index (Phi) is 3.50. The minimum Gasteiger partial charge on any atom is -0.368 e. The van der Waals surface area contributed by atoms with Crippen molar-refractivity contribution in [2.45, 2.75) is 26.7 Å². The molecule has 0 aromatic carbocycles. The minimum atomic E-state index is -0.852. The van der Waals surface area contributed by atoms with Crippen LogP contribution in [0.25, 0.3) is 11.2 Å². The molecule has 0 bridgehead atoms. The average molecular weight is 251 g/mol. The third-order valence-electron chi connectivity index (χ3n) is 2.54. The fraction of sp³-hybridized carbons (Fsp3) is 0.455. The molecule has 18 heavy (non-hydrogen) atoms. The summed E-state index contributed by atoms with van der Waals surface area (Å²) in [6.45, 7) is 4.11. The fourth-order valence-corrected chi connectivity index (χ4v) is 1.64. The Bertz CT molecular complexity index is 580. The second-order valence-corrected chi connectivity index (χ2v) is 3.93. The highest BCUT2D eigenvalue weighted by molar-refractivity contribution is 5.93. The molecule has 0 unspecified atom stereocenters. The van der Waals surface area contributed by atoms with Crippen LogP contribution in [0.15, 0.2) is 6.33 Å². The molecule has 0 radical (unpaired) electrons. The molecule has 0 fully saturated rings. The molecule has 2 aromatic heterocycles. The molecule has 0 aliphatic carbocycles. The summed E-state index contributed by atoms with van der Waals surface area (Å²) in [7, 11) is 0. The molecule has 2 rings (SSSR count). The topological polar surface area (TPSA) is 72.7 Å². The summed E-state index contributed by atoms with van der Waals surface area (Å²) in [6, 6.07) is 0. The minimum absolute atomic E-state index is 0.177. The summed E-state index contributed by atoms with van der Waals surface area (Å²) in [5.41, 5.74) is 0.594. The van der Waals surface area contributed by atoms with Gasteiger partial charge in [0.25, 0.3) is 0 Å². The Morgan fingerprint density at radius 2 is 2.28 bits per heavy atom. The lowest BCUT2D eigenvalue weighted by molar-refractivity contribution is 0.0941. The number of halogens is 1. The van der Waals surface area contributed by atoms with E-state index in [0.717, 1.165) is 12.8 Å². The molecule has 0 saturated heterocycles. The van der Waals surface area contributed by atoms with Crippen molar-refractivity contribution >= 4 is 22.9 Å². The van der Waals surface area contributed by atoms with Gasteiger partial charge < -0.3 is 5.32 Å². The van der Waals surface area contributed by atoms with E-state index in [2.05, 4.69) is 27.2 Å². The quantitative estimate of drug-likeness (QED) is 0.663. The first-order valence-electron chi connectivity index (χ1n) is 5.79. The molecule has 1 N–H and O–H groups in total. The Morgan fingerprint density at radius 3 is 2.94 bits per heavy atom. The van der Waals surface area contributed by atoms with Crippen molar-refractivity contribution < 1.29 is 9.18 Å². The van der Waals surface area contributed by atoms with E-state index in [1.165, 1.54) is 17.8 Å². The van der Waals surface area contributed by atoms with E-state index in [1.807, 2.05) is 0 Å². The van der Waals surface area contributed by atoms with Gasteiger partial charge in [0.1, 0.15) is 11.8 Å². The molecule has 2 heterocycles. The number of nitrogens with zero attached hydrogens (tertiary/aromatic N) is 4. The van der Waals surface area contributed by atoms with Crippen molar-refractivity contribution in [3.05, 3.63) is 12.4 Å². The number of imidazole rings is 1. The number of fused-ring (bicyclic) bond motifs is 1. The molecule has 0 amide bonds. The molecule has 0 aliphatic heterocycles. The van der Waals surface area contributed by atoms with Crippen LogP contribution in [0.5, 0.6) is 0 Å². The molecule has 0 atom stereocenters. The van der Waals surface area contributed by atoms with Gasteiger partial charge in [-0.05, 0) is 6.42 Å². The van der Waals surface area contributed by atoms with Crippen molar-refractivity contribution in [1.29, 1.82) is 0 Å². The molecular weight excluding hydrogens is 237 g/mol. The van der Waals surface area contributed by atoms with Crippen LogP contribution in [0.4, 0.5) is 10.2 Å². The number of anilines is 1. The summed E-state index contributed by atoms with van der Waals surface area (Å²) in [4.78, 5) is 22.6. The molecule has 96 valence electrons. The van der Waals surface area contributed by atoms with Crippen LogP contribution in [0.1, 0.15) is 31.5 Å². The van der Waals surface area contributed by atoms with Gasteiger partial charge in [0.15, 0.2) is 11.5 Å². The number of hydrogen-bond acceptors (Lipinski definition) is 5. The predicted octanol–water partition coefficient (Wildman–Crippen LogP) is 1.84. The Balaban J connectivity index is 2.47. The summed E-state index contributed by atoms with van der Waals surface area (Å²) in [5.74, 6) is 0.0879. The standard InChI is InChI=1S/C11H14FN5O/c1-3-4-5-13-9-8-10(16-11(12)15-9)14-6-17(8)7(2)18/h6H,3-5H2,1-2H3,(H,13,15,16). The lowest BCUT2D eigenvalue weighted by Gasteiger charge is -2.07. The molecule has 0 spiro atoms. The van der Waals surface area contributed by atoms with Crippen molar-refractivity contribution in [1.82, 2.24) is 19.5 Å². The van der Waals surface area contributed by atoms with Crippen LogP contribution in [0.3, 0.4) is 0 Å². The van der Waals surface area contributed by atoms with Gasteiger partial charge in [-0.15, -0.1) is 0 Å². The zero-order valence-corrected chi connectivity index (χ0v) is 10.3. The summed E-state index contributed by atoms with van der Waals surface area (Å²) in [6.07, 6.45) is 2.42. The van der Waals surface area contributed by atoms with Gasteiger partial charge in [-0.3, -0.25) is 9.36 Å². The zero-order chi connectivity index (χ0) is 13.1. The number of hydrogen-bond donors (Lipinski definition) is 1. The van der Waals surface area contributed by atoms with Crippen LogP contribution in [0, 0.1) is 6.08 Å². The second kappa shape index (κ2) is 5.07. The third kappa shape index (κ3) is 2.29. The first kappa shape index (κ1) is 12.4. The van der Waals surface area contributed by atoms with Crippen LogP contribution in [-0.2, 0) is 0 Å². The van der Waals surface area contributed by atoms with E-state index in [1.54, 1.807) is 0 Å². The summed E-state index contributed by atoms with van der Waals surface area (Å²) >= 11 is 0. The van der Waals surface area contributed by atoms with Gasteiger partial charge in [0, 0.05) is 13.5 Å². The zero-order valence-electron chi connectivity index (χ0n) is 10.3. The maximum absolute atomic E-state index is 13.2. The van der Waals surface area contributed by atoms with E-state index in [4.69, 9.17) is 0 Å². The average Bonchev–Trinajstić information content (AvgIpc) is 2.72. The van der Waals surface area contributed by atoms with Gasteiger partial charge in [-0.2, -0.15) is 14.4 Å². The normalized spacial score (nSPS) is 10.8. The number of rotatable bonds is 4. The van der Waals surface area contributed by atoms with E-state index in [9.17, 15) is 9.18 Å². The Morgan fingerprint density at radius 1 is 1.50 bits per heavy atom. The smallest absolute Gasteiger partial charge is 0.312 e. The monoisotopic (exact) mass is 251 g/mol. The third-order valence-corrected chi connectivity index (χ3v) is 2.54. The van der Waals surface area contributed by atoms with E-state index < -0.39 is 6.08 Å². The van der Waals surface area contributed by atoms with Gasteiger partial charge in [0.05, 0.1) is 0 Å². The molecule has 0 saturated carbocycles. The number of carbonyl (C=O) groups excluding carboxylic acids is 1. The molecule has 2 aromatic rings.